The van der Waals surface area contributed by atoms with Crippen molar-refractivity contribution in [3.63, 3.8) is 0 Å². The van der Waals surface area contributed by atoms with E-state index in [0.29, 0.717) is 21.4 Å². The number of ether oxygens (including phenoxy) is 1. The van der Waals surface area contributed by atoms with E-state index >= 15 is 0 Å². The van der Waals surface area contributed by atoms with Gasteiger partial charge in [0.15, 0.2) is 0 Å². The number of hydrazone groups is 1. The summed E-state index contributed by atoms with van der Waals surface area (Å²) < 4.78 is 5.80. The molecule has 3 aromatic rings. The number of carbonyl (C=O) groups excluding carboxylic acids is 1. The molecule has 0 aliphatic carbocycles. The molecule has 0 bridgehead atoms. The van der Waals surface area contributed by atoms with Crippen LogP contribution in [0.5, 0.6) is 5.75 Å². The Hall–Kier alpha value is -2.82. The van der Waals surface area contributed by atoms with Gasteiger partial charge in [0.2, 0.25) is 0 Å². The Balaban J connectivity index is 1.67. The molecule has 0 heterocycles. The minimum atomic E-state index is -0.360. The number of rotatable bonds is 6. The summed E-state index contributed by atoms with van der Waals surface area (Å²) in [5.74, 6) is 0.0812. The second-order valence-corrected chi connectivity index (χ2v) is 6.97. The lowest BCUT2D eigenvalue weighted by molar-refractivity contribution is 0.0950. The molecule has 28 heavy (non-hydrogen) atoms. The maximum Gasteiger partial charge on any atom is 0.275 e. The highest BCUT2D eigenvalue weighted by Gasteiger charge is 2.12. The van der Waals surface area contributed by atoms with E-state index in [1.165, 1.54) is 0 Å². The van der Waals surface area contributed by atoms with Crippen molar-refractivity contribution in [1.29, 1.82) is 0 Å². The molecule has 1 amide bonds. The summed E-state index contributed by atoms with van der Waals surface area (Å²) in [6.07, 6.45) is 1.59. The van der Waals surface area contributed by atoms with Crippen LogP contribution in [0.25, 0.3) is 0 Å². The van der Waals surface area contributed by atoms with Gasteiger partial charge in [0.05, 0.1) is 11.8 Å². The molecule has 0 atom stereocenters. The molecule has 142 valence electrons. The van der Waals surface area contributed by atoms with Gasteiger partial charge in [-0.15, -0.1) is 0 Å². The molecule has 0 saturated heterocycles. The van der Waals surface area contributed by atoms with E-state index in [-0.39, 0.29) is 12.5 Å². The molecular formula is C22H18Cl2N2O2. The van der Waals surface area contributed by atoms with Crippen LogP contribution in [0.4, 0.5) is 0 Å². The fourth-order valence-electron chi connectivity index (χ4n) is 2.45. The quantitative estimate of drug-likeness (QED) is 0.420. The predicted molar refractivity (Wildman–Crippen MR) is 113 cm³/mol. The zero-order chi connectivity index (χ0) is 19.9. The third-order valence-corrected chi connectivity index (χ3v) is 4.57. The molecule has 0 saturated carbocycles. The smallest absolute Gasteiger partial charge is 0.275 e. The van der Waals surface area contributed by atoms with Crippen molar-refractivity contribution in [3.8, 4) is 5.75 Å². The molecule has 0 aliphatic heterocycles. The third-order valence-electron chi connectivity index (χ3n) is 3.99. The summed E-state index contributed by atoms with van der Waals surface area (Å²) in [5.41, 5.74) is 5.74. The van der Waals surface area contributed by atoms with Crippen molar-refractivity contribution in [1.82, 2.24) is 5.43 Å². The Morgan fingerprint density at radius 2 is 1.82 bits per heavy atom. The Labute approximate surface area is 173 Å². The number of nitrogens with zero attached hydrogens (tertiary/aromatic N) is 1. The molecule has 0 aliphatic rings. The van der Waals surface area contributed by atoms with Gasteiger partial charge in [-0.25, -0.2) is 5.43 Å². The van der Waals surface area contributed by atoms with Crippen molar-refractivity contribution in [2.24, 2.45) is 5.10 Å². The zero-order valence-electron chi connectivity index (χ0n) is 15.2. The Morgan fingerprint density at radius 3 is 2.57 bits per heavy atom. The standard InChI is InChI=1S/C22H18Cl2N2O2/c1-15-6-8-16(9-7-15)13-25-26-22(27)19-4-2-3-5-21(19)28-14-17-10-11-18(23)12-20(17)24/h2-13H,14H2,1H3,(H,26,27)/b25-13+. The first-order valence-electron chi connectivity index (χ1n) is 8.59. The van der Waals surface area contributed by atoms with Gasteiger partial charge in [0.1, 0.15) is 12.4 Å². The first-order chi connectivity index (χ1) is 13.5. The van der Waals surface area contributed by atoms with Crippen LogP contribution in [0.1, 0.15) is 27.0 Å². The third kappa shape index (κ3) is 5.35. The number of halogens is 2. The number of para-hydroxylation sites is 1. The van der Waals surface area contributed by atoms with Gasteiger partial charge in [0.25, 0.3) is 5.91 Å². The number of amides is 1. The maximum atomic E-state index is 12.5. The van der Waals surface area contributed by atoms with Crippen molar-refractivity contribution < 1.29 is 9.53 Å². The SMILES string of the molecule is Cc1ccc(/C=N/NC(=O)c2ccccc2OCc2ccc(Cl)cc2Cl)cc1. The first kappa shape index (κ1) is 19.9. The average molecular weight is 413 g/mol. The fraction of sp³-hybridized carbons (Fsp3) is 0.0909. The number of hydrogen-bond acceptors (Lipinski definition) is 3. The van der Waals surface area contributed by atoms with Crippen molar-refractivity contribution in [2.75, 3.05) is 0 Å². The van der Waals surface area contributed by atoms with Gasteiger partial charge in [0, 0.05) is 15.6 Å². The Kier molecular flexibility index (Phi) is 6.69. The second-order valence-electron chi connectivity index (χ2n) is 6.13. The van der Waals surface area contributed by atoms with Gasteiger partial charge in [-0.3, -0.25) is 4.79 Å². The minimum Gasteiger partial charge on any atom is -0.488 e. The summed E-state index contributed by atoms with van der Waals surface area (Å²) in [4.78, 5) is 12.5. The molecule has 0 spiro atoms. The van der Waals surface area contributed by atoms with E-state index in [9.17, 15) is 4.79 Å². The highest BCUT2D eigenvalue weighted by molar-refractivity contribution is 6.35. The summed E-state index contributed by atoms with van der Waals surface area (Å²) in [7, 11) is 0. The Morgan fingerprint density at radius 1 is 1.07 bits per heavy atom. The summed E-state index contributed by atoms with van der Waals surface area (Å²) >= 11 is 12.1. The van der Waals surface area contributed by atoms with E-state index in [4.69, 9.17) is 27.9 Å². The number of aryl methyl sites for hydroxylation is 1. The first-order valence-corrected chi connectivity index (χ1v) is 9.34. The molecule has 6 heteroatoms. The van der Waals surface area contributed by atoms with Gasteiger partial charge < -0.3 is 4.74 Å². The van der Waals surface area contributed by atoms with Crippen LogP contribution < -0.4 is 10.2 Å². The predicted octanol–water partition coefficient (Wildman–Crippen LogP) is 5.64. The van der Waals surface area contributed by atoms with Crippen LogP contribution in [-0.2, 0) is 6.61 Å². The number of nitrogens with one attached hydrogen (secondary N) is 1. The molecular weight excluding hydrogens is 395 g/mol. The van der Waals surface area contributed by atoms with Crippen molar-refractivity contribution in [3.05, 3.63) is 99.0 Å². The van der Waals surface area contributed by atoms with E-state index in [0.717, 1.165) is 16.7 Å². The number of hydrogen-bond donors (Lipinski definition) is 1. The van der Waals surface area contributed by atoms with E-state index < -0.39 is 0 Å². The number of benzene rings is 3. The lowest BCUT2D eigenvalue weighted by atomic mass is 10.2. The lowest BCUT2D eigenvalue weighted by Crippen LogP contribution is -2.18. The molecule has 0 aromatic heterocycles. The zero-order valence-corrected chi connectivity index (χ0v) is 16.7. The monoisotopic (exact) mass is 412 g/mol. The summed E-state index contributed by atoms with van der Waals surface area (Å²) in [5, 5.41) is 5.08. The minimum absolute atomic E-state index is 0.215. The van der Waals surface area contributed by atoms with Gasteiger partial charge in [-0.05, 0) is 36.8 Å². The van der Waals surface area contributed by atoms with E-state index in [1.54, 1.807) is 48.7 Å². The highest BCUT2D eigenvalue weighted by Crippen LogP contribution is 2.24. The van der Waals surface area contributed by atoms with Crippen LogP contribution in [0, 0.1) is 6.92 Å². The normalized spacial score (nSPS) is 10.8. The Bertz CT molecular complexity index is 1000. The maximum absolute atomic E-state index is 12.5. The average Bonchev–Trinajstić information content (AvgIpc) is 2.69. The van der Waals surface area contributed by atoms with Crippen LogP contribution >= 0.6 is 23.2 Å². The lowest BCUT2D eigenvalue weighted by Gasteiger charge is -2.11. The molecule has 1 N–H and O–H groups in total. The van der Waals surface area contributed by atoms with Crippen LogP contribution in [0.2, 0.25) is 10.0 Å². The van der Waals surface area contributed by atoms with E-state index in [2.05, 4.69) is 10.5 Å². The van der Waals surface area contributed by atoms with Crippen molar-refractivity contribution >= 4 is 35.3 Å². The summed E-state index contributed by atoms with van der Waals surface area (Å²) in [6.45, 7) is 2.23. The molecule has 0 unspecified atom stereocenters. The summed E-state index contributed by atoms with van der Waals surface area (Å²) in [6, 6.07) is 20.0. The van der Waals surface area contributed by atoms with Crippen LogP contribution in [0.15, 0.2) is 71.8 Å². The van der Waals surface area contributed by atoms with Crippen LogP contribution in [0.3, 0.4) is 0 Å². The molecule has 0 radical (unpaired) electrons. The molecule has 3 aromatic carbocycles. The second kappa shape index (κ2) is 9.40. The fourth-order valence-corrected chi connectivity index (χ4v) is 2.92. The largest absolute Gasteiger partial charge is 0.488 e. The molecule has 3 rings (SSSR count). The van der Waals surface area contributed by atoms with Gasteiger partial charge in [-0.2, -0.15) is 5.10 Å². The topological polar surface area (TPSA) is 50.7 Å². The van der Waals surface area contributed by atoms with Crippen molar-refractivity contribution in [2.45, 2.75) is 13.5 Å². The van der Waals surface area contributed by atoms with Crippen LogP contribution in [-0.4, -0.2) is 12.1 Å². The van der Waals surface area contributed by atoms with Gasteiger partial charge >= 0.3 is 0 Å². The molecule has 0 fully saturated rings. The molecule has 4 nitrogen and oxygen atoms in total. The highest BCUT2D eigenvalue weighted by atomic mass is 35.5. The number of carbonyl (C=O) groups is 1. The van der Waals surface area contributed by atoms with Gasteiger partial charge in [-0.1, -0.05) is 71.2 Å². The van der Waals surface area contributed by atoms with E-state index in [1.807, 2.05) is 31.2 Å².